The number of nitrogens with two attached hydrogens (primary N) is 1. The molecule has 4 N–H and O–H groups in total. The summed E-state index contributed by atoms with van der Waals surface area (Å²) in [5.41, 5.74) is 7.51. The average molecular weight is 290 g/mol. The standard InChI is InChI=1S/C16H26N4O/c1-2-20-9-7-14(8-10-20)12-18-11-13-3-5-15(6-4-13)16(17)19-21/h3-6,14,18,21H,2,7-12H2,1H3,(H2,17,19). The minimum Gasteiger partial charge on any atom is -0.409 e. The fourth-order valence-corrected chi connectivity index (χ4v) is 2.78. The fraction of sp³-hybridized carbons (Fsp3) is 0.562. The molecule has 5 nitrogen and oxygen atoms in total. The van der Waals surface area contributed by atoms with E-state index in [1.54, 1.807) is 0 Å². The van der Waals surface area contributed by atoms with Crippen molar-refractivity contribution in [2.45, 2.75) is 26.3 Å². The molecule has 0 amide bonds. The molecule has 1 aromatic rings. The van der Waals surface area contributed by atoms with Crippen LogP contribution in [0.5, 0.6) is 0 Å². The highest BCUT2D eigenvalue weighted by atomic mass is 16.4. The van der Waals surface area contributed by atoms with Crippen LogP contribution in [0.15, 0.2) is 29.4 Å². The molecule has 0 aromatic heterocycles. The van der Waals surface area contributed by atoms with E-state index in [-0.39, 0.29) is 5.84 Å². The van der Waals surface area contributed by atoms with Crippen LogP contribution in [0, 0.1) is 5.92 Å². The number of nitrogens with one attached hydrogen (secondary N) is 1. The van der Waals surface area contributed by atoms with Crippen molar-refractivity contribution in [1.82, 2.24) is 10.2 Å². The summed E-state index contributed by atoms with van der Waals surface area (Å²) in [7, 11) is 0. The summed E-state index contributed by atoms with van der Waals surface area (Å²) in [6.07, 6.45) is 2.59. The highest BCUT2D eigenvalue weighted by Gasteiger charge is 2.17. The van der Waals surface area contributed by atoms with Crippen molar-refractivity contribution in [1.29, 1.82) is 0 Å². The van der Waals surface area contributed by atoms with Crippen molar-refractivity contribution in [2.24, 2.45) is 16.8 Å². The second kappa shape index (κ2) is 8.00. The molecule has 0 aliphatic carbocycles. The smallest absolute Gasteiger partial charge is 0.170 e. The van der Waals surface area contributed by atoms with Gasteiger partial charge in [0.1, 0.15) is 0 Å². The molecular formula is C16H26N4O. The SMILES string of the molecule is CCN1CCC(CNCc2ccc(C(N)=NO)cc2)CC1. The lowest BCUT2D eigenvalue weighted by Gasteiger charge is -2.31. The average Bonchev–Trinajstić information content (AvgIpc) is 2.55. The number of hydrogen-bond donors (Lipinski definition) is 3. The third kappa shape index (κ3) is 4.72. The number of rotatable bonds is 6. The maximum atomic E-state index is 8.63. The Morgan fingerprint density at radius 1 is 1.33 bits per heavy atom. The first kappa shape index (κ1) is 15.8. The van der Waals surface area contributed by atoms with Crippen LogP contribution in [0.3, 0.4) is 0 Å². The highest BCUT2D eigenvalue weighted by Crippen LogP contribution is 2.16. The van der Waals surface area contributed by atoms with E-state index in [1.165, 1.54) is 38.0 Å². The Morgan fingerprint density at radius 2 is 2.00 bits per heavy atom. The maximum absolute atomic E-state index is 8.63. The van der Waals surface area contributed by atoms with Crippen molar-refractivity contribution in [3.8, 4) is 0 Å². The van der Waals surface area contributed by atoms with Crippen molar-refractivity contribution >= 4 is 5.84 Å². The van der Waals surface area contributed by atoms with Gasteiger partial charge < -0.3 is 21.2 Å². The molecule has 1 heterocycles. The minimum absolute atomic E-state index is 0.150. The zero-order chi connectivity index (χ0) is 15.1. The molecule has 1 aliphatic heterocycles. The molecule has 0 atom stereocenters. The van der Waals surface area contributed by atoms with Gasteiger partial charge in [-0.1, -0.05) is 36.3 Å². The summed E-state index contributed by atoms with van der Waals surface area (Å²) in [5, 5.41) is 15.2. The van der Waals surface area contributed by atoms with Gasteiger partial charge >= 0.3 is 0 Å². The van der Waals surface area contributed by atoms with Crippen LogP contribution >= 0.6 is 0 Å². The van der Waals surface area contributed by atoms with Crippen LogP contribution in [0.25, 0.3) is 0 Å². The van der Waals surface area contributed by atoms with Crippen molar-refractivity contribution in [2.75, 3.05) is 26.2 Å². The quantitative estimate of drug-likeness (QED) is 0.322. The van der Waals surface area contributed by atoms with E-state index in [0.717, 1.165) is 24.6 Å². The van der Waals surface area contributed by atoms with Crippen LogP contribution in [0.4, 0.5) is 0 Å². The fourth-order valence-electron chi connectivity index (χ4n) is 2.78. The molecule has 116 valence electrons. The minimum atomic E-state index is 0.150. The van der Waals surface area contributed by atoms with Gasteiger partial charge in [-0.05, 0) is 50.5 Å². The van der Waals surface area contributed by atoms with Gasteiger partial charge in [-0.25, -0.2) is 0 Å². The lowest BCUT2D eigenvalue weighted by atomic mass is 9.97. The predicted molar refractivity (Wildman–Crippen MR) is 85.5 cm³/mol. The van der Waals surface area contributed by atoms with Gasteiger partial charge in [0.25, 0.3) is 0 Å². The van der Waals surface area contributed by atoms with Gasteiger partial charge in [-0.2, -0.15) is 0 Å². The van der Waals surface area contributed by atoms with Gasteiger partial charge in [0.2, 0.25) is 0 Å². The Hall–Kier alpha value is -1.59. The first-order chi connectivity index (χ1) is 10.2. The molecular weight excluding hydrogens is 264 g/mol. The van der Waals surface area contributed by atoms with Crippen molar-refractivity contribution < 1.29 is 5.21 Å². The Bertz CT molecular complexity index is 450. The molecule has 0 radical (unpaired) electrons. The van der Waals surface area contributed by atoms with E-state index in [2.05, 4.69) is 22.3 Å². The second-order valence-electron chi connectivity index (χ2n) is 5.69. The van der Waals surface area contributed by atoms with Gasteiger partial charge in [-0.15, -0.1) is 0 Å². The largest absolute Gasteiger partial charge is 0.409 e. The van der Waals surface area contributed by atoms with E-state index < -0.39 is 0 Å². The van der Waals surface area contributed by atoms with Gasteiger partial charge in [0.15, 0.2) is 5.84 Å². The molecule has 0 bridgehead atoms. The number of hydrogen-bond acceptors (Lipinski definition) is 4. The lowest BCUT2D eigenvalue weighted by Crippen LogP contribution is -2.36. The topological polar surface area (TPSA) is 73.9 Å². The molecule has 2 rings (SSSR count). The number of piperidine rings is 1. The monoisotopic (exact) mass is 290 g/mol. The van der Waals surface area contributed by atoms with Gasteiger partial charge in [0.05, 0.1) is 0 Å². The molecule has 1 fully saturated rings. The molecule has 0 unspecified atom stereocenters. The third-order valence-corrected chi connectivity index (χ3v) is 4.27. The lowest BCUT2D eigenvalue weighted by molar-refractivity contribution is 0.190. The molecule has 21 heavy (non-hydrogen) atoms. The maximum Gasteiger partial charge on any atom is 0.170 e. The summed E-state index contributed by atoms with van der Waals surface area (Å²) in [6, 6.07) is 7.79. The second-order valence-corrected chi connectivity index (χ2v) is 5.69. The first-order valence-corrected chi connectivity index (χ1v) is 7.72. The number of likely N-dealkylation sites (tertiary alicyclic amines) is 1. The van der Waals surface area contributed by atoms with E-state index in [9.17, 15) is 0 Å². The molecule has 0 saturated carbocycles. The molecule has 1 aliphatic rings. The van der Waals surface area contributed by atoms with E-state index in [4.69, 9.17) is 10.9 Å². The molecule has 1 saturated heterocycles. The Labute approximate surface area is 126 Å². The third-order valence-electron chi connectivity index (χ3n) is 4.27. The van der Waals surface area contributed by atoms with Crippen molar-refractivity contribution in [3.63, 3.8) is 0 Å². The number of amidine groups is 1. The van der Waals surface area contributed by atoms with Gasteiger partial charge in [0, 0.05) is 12.1 Å². The van der Waals surface area contributed by atoms with Crippen molar-refractivity contribution in [3.05, 3.63) is 35.4 Å². The Kier molecular flexibility index (Phi) is 6.02. The number of benzene rings is 1. The van der Waals surface area contributed by atoms with Gasteiger partial charge in [-0.3, -0.25) is 0 Å². The highest BCUT2D eigenvalue weighted by molar-refractivity contribution is 5.96. The van der Waals surface area contributed by atoms with E-state index >= 15 is 0 Å². The van der Waals surface area contributed by atoms with Crippen LogP contribution in [0.2, 0.25) is 0 Å². The van der Waals surface area contributed by atoms with Crippen LogP contribution < -0.4 is 11.1 Å². The van der Waals surface area contributed by atoms with Crippen LogP contribution in [-0.4, -0.2) is 42.1 Å². The Balaban J connectivity index is 1.71. The number of nitrogens with zero attached hydrogens (tertiary/aromatic N) is 2. The molecule has 5 heteroatoms. The van der Waals surface area contributed by atoms with Crippen LogP contribution in [-0.2, 0) is 6.54 Å². The van der Waals surface area contributed by atoms with Crippen LogP contribution in [0.1, 0.15) is 30.9 Å². The molecule has 0 spiro atoms. The first-order valence-electron chi connectivity index (χ1n) is 7.72. The zero-order valence-corrected chi connectivity index (χ0v) is 12.8. The normalized spacial score (nSPS) is 18.0. The van der Waals surface area contributed by atoms with E-state index in [0.29, 0.717) is 0 Å². The number of oxime groups is 1. The summed E-state index contributed by atoms with van der Waals surface area (Å²) >= 11 is 0. The summed E-state index contributed by atoms with van der Waals surface area (Å²) in [6.45, 7) is 7.82. The summed E-state index contributed by atoms with van der Waals surface area (Å²) in [5.74, 6) is 0.946. The Morgan fingerprint density at radius 3 is 2.57 bits per heavy atom. The summed E-state index contributed by atoms with van der Waals surface area (Å²) < 4.78 is 0. The molecule has 1 aromatic carbocycles. The zero-order valence-electron chi connectivity index (χ0n) is 12.8. The predicted octanol–water partition coefficient (Wildman–Crippen LogP) is 1.60. The summed E-state index contributed by atoms with van der Waals surface area (Å²) in [4.78, 5) is 2.52. The van der Waals surface area contributed by atoms with E-state index in [1.807, 2.05) is 24.3 Å².